The molecular formula is C23H23ClN2O5S. The van der Waals surface area contributed by atoms with Gasteiger partial charge in [-0.2, -0.15) is 0 Å². The van der Waals surface area contributed by atoms with Crippen LogP contribution in [0, 0.1) is 6.92 Å². The summed E-state index contributed by atoms with van der Waals surface area (Å²) in [6.07, 6.45) is 0. The van der Waals surface area contributed by atoms with Crippen LogP contribution in [0.25, 0.3) is 0 Å². The van der Waals surface area contributed by atoms with Crippen molar-refractivity contribution in [1.82, 2.24) is 5.32 Å². The molecule has 0 aliphatic carbocycles. The number of rotatable bonds is 9. The molecule has 0 radical (unpaired) electrons. The van der Waals surface area contributed by atoms with Crippen molar-refractivity contribution in [3.63, 3.8) is 0 Å². The highest BCUT2D eigenvalue weighted by Crippen LogP contribution is 2.27. The molecule has 3 aromatic carbocycles. The highest BCUT2D eigenvalue weighted by Gasteiger charge is 2.17. The molecule has 0 aliphatic heterocycles. The third kappa shape index (κ3) is 5.93. The van der Waals surface area contributed by atoms with E-state index in [2.05, 4.69) is 10.0 Å². The number of hydrogen-bond acceptors (Lipinski definition) is 5. The van der Waals surface area contributed by atoms with E-state index in [1.54, 1.807) is 31.4 Å². The van der Waals surface area contributed by atoms with Crippen molar-refractivity contribution in [1.29, 1.82) is 0 Å². The Bertz CT molecular complexity index is 1200. The van der Waals surface area contributed by atoms with E-state index >= 15 is 0 Å². The van der Waals surface area contributed by atoms with Gasteiger partial charge in [-0.1, -0.05) is 41.4 Å². The molecule has 0 saturated carbocycles. The molecule has 0 saturated heterocycles. The Labute approximate surface area is 192 Å². The third-order valence-corrected chi connectivity index (χ3v) is 6.22. The Morgan fingerprint density at radius 2 is 1.69 bits per heavy atom. The fourth-order valence-electron chi connectivity index (χ4n) is 2.83. The normalized spacial score (nSPS) is 11.0. The van der Waals surface area contributed by atoms with Crippen LogP contribution in [0.2, 0.25) is 5.02 Å². The summed E-state index contributed by atoms with van der Waals surface area (Å²) in [4.78, 5) is 12.5. The maximum absolute atomic E-state index is 12.5. The monoisotopic (exact) mass is 474 g/mol. The van der Waals surface area contributed by atoms with Gasteiger partial charge in [0.05, 0.1) is 29.3 Å². The van der Waals surface area contributed by atoms with Gasteiger partial charge in [-0.15, -0.1) is 0 Å². The van der Waals surface area contributed by atoms with Crippen molar-refractivity contribution in [2.75, 3.05) is 25.0 Å². The first-order chi connectivity index (χ1) is 15.3. The van der Waals surface area contributed by atoms with Crippen molar-refractivity contribution >= 4 is 33.2 Å². The number of ether oxygens (including phenoxy) is 2. The lowest BCUT2D eigenvalue weighted by atomic mass is 10.2. The van der Waals surface area contributed by atoms with Gasteiger partial charge in [-0.05, 0) is 49.4 Å². The lowest BCUT2D eigenvalue weighted by Gasteiger charge is -2.12. The number of methoxy groups -OCH3 is 1. The fraction of sp³-hybridized carbons (Fsp3) is 0.174. The second-order valence-electron chi connectivity index (χ2n) is 6.87. The molecule has 9 heteroatoms. The molecule has 3 aromatic rings. The number of para-hydroxylation sites is 2. The predicted octanol–water partition coefficient (Wildman–Crippen LogP) is 4.27. The summed E-state index contributed by atoms with van der Waals surface area (Å²) in [6.45, 7) is 2.37. The van der Waals surface area contributed by atoms with Crippen LogP contribution in [-0.2, 0) is 10.0 Å². The zero-order valence-corrected chi connectivity index (χ0v) is 19.2. The van der Waals surface area contributed by atoms with E-state index < -0.39 is 10.0 Å². The van der Waals surface area contributed by atoms with Crippen LogP contribution in [0.4, 0.5) is 5.69 Å². The van der Waals surface area contributed by atoms with Crippen LogP contribution in [0.15, 0.2) is 71.6 Å². The van der Waals surface area contributed by atoms with Crippen molar-refractivity contribution < 1.29 is 22.7 Å². The number of benzene rings is 3. The molecule has 3 rings (SSSR count). The molecule has 0 aromatic heterocycles. The minimum atomic E-state index is -3.80. The number of carbonyl (C=O) groups is 1. The van der Waals surface area contributed by atoms with Gasteiger partial charge in [0.2, 0.25) is 0 Å². The number of aryl methyl sites for hydroxylation is 1. The smallest absolute Gasteiger partial charge is 0.261 e. The number of sulfonamides is 1. The number of anilines is 1. The molecule has 0 fully saturated rings. The number of carbonyl (C=O) groups excluding carboxylic acids is 1. The van der Waals surface area contributed by atoms with Gasteiger partial charge in [0.15, 0.2) is 11.5 Å². The van der Waals surface area contributed by atoms with E-state index in [0.717, 1.165) is 5.56 Å². The highest BCUT2D eigenvalue weighted by atomic mass is 35.5. The van der Waals surface area contributed by atoms with Crippen molar-refractivity contribution in [3.8, 4) is 11.5 Å². The van der Waals surface area contributed by atoms with Gasteiger partial charge < -0.3 is 14.8 Å². The molecule has 0 heterocycles. The lowest BCUT2D eigenvalue weighted by Crippen LogP contribution is -2.28. The van der Waals surface area contributed by atoms with E-state index in [1.165, 1.54) is 30.3 Å². The van der Waals surface area contributed by atoms with Gasteiger partial charge >= 0.3 is 0 Å². The Morgan fingerprint density at radius 3 is 2.34 bits per heavy atom. The molecule has 1 amide bonds. The average molecular weight is 475 g/mol. The summed E-state index contributed by atoms with van der Waals surface area (Å²) >= 11 is 6.22. The van der Waals surface area contributed by atoms with E-state index in [4.69, 9.17) is 21.1 Å². The molecule has 0 aliphatic rings. The topological polar surface area (TPSA) is 93.7 Å². The first kappa shape index (κ1) is 23.4. The third-order valence-electron chi connectivity index (χ3n) is 4.52. The van der Waals surface area contributed by atoms with Crippen LogP contribution in [0.1, 0.15) is 15.9 Å². The number of amides is 1. The van der Waals surface area contributed by atoms with Crippen LogP contribution < -0.4 is 19.5 Å². The van der Waals surface area contributed by atoms with Gasteiger partial charge in [-0.3, -0.25) is 9.52 Å². The number of nitrogens with one attached hydrogen (secondary N) is 2. The number of hydrogen-bond donors (Lipinski definition) is 2. The van der Waals surface area contributed by atoms with Gasteiger partial charge in [0.1, 0.15) is 6.61 Å². The fourth-order valence-corrected chi connectivity index (χ4v) is 4.19. The molecule has 0 spiro atoms. The van der Waals surface area contributed by atoms with Crippen molar-refractivity contribution in [3.05, 3.63) is 82.9 Å². The maximum Gasteiger partial charge on any atom is 0.261 e. The van der Waals surface area contributed by atoms with Gasteiger partial charge in [0.25, 0.3) is 15.9 Å². The molecular weight excluding hydrogens is 452 g/mol. The van der Waals surface area contributed by atoms with E-state index in [1.807, 2.05) is 19.1 Å². The highest BCUT2D eigenvalue weighted by molar-refractivity contribution is 7.92. The standard InChI is InChI=1S/C23H23ClN2O5S/c1-16-7-10-18(11-8-16)32(28,29)26-20-12-9-17(15-19(20)24)23(27)25-13-14-31-22-6-4-3-5-21(22)30-2/h3-12,15,26H,13-14H2,1-2H3,(H,25,27). The van der Waals surface area contributed by atoms with E-state index in [0.29, 0.717) is 17.1 Å². The average Bonchev–Trinajstić information content (AvgIpc) is 2.78. The Morgan fingerprint density at radius 1 is 1.00 bits per heavy atom. The molecule has 0 atom stereocenters. The second-order valence-corrected chi connectivity index (χ2v) is 8.96. The zero-order chi connectivity index (χ0) is 23.1. The van der Waals surface area contributed by atoms with Crippen LogP contribution in [0.3, 0.4) is 0 Å². The molecule has 0 unspecified atom stereocenters. The molecule has 0 bridgehead atoms. The Hall–Kier alpha value is -3.23. The van der Waals surface area contributed by atoms with E-state index in [-0.39, 0.29) is 34.7 Å². The summed E-state index contributed by atoms with van der Waals surface area (Å²) in [5.41, 5.74) is 1.43. The van der Waals surface area contributed by atoms with Crippen molar-refractivity contribution in [2.45, 2.75) is 11.8 Å². The minimum Gasteiger partial charge on any atom is -0.493 e. The van der Waals surface area contributed by atoms with Crippen LogP contribution in [0.5, 0.6) is 11.5 Å². The molecule has 2 N–H and O–H groups in total. The molecule has 168 valence electrons. The maximum atomic E-state index is 12.5. The first-order valence-corrected chi connectivity index (χ1v) is 11.6. The summed E-state index contributed by atoms with van der Waals surface area (Å²) in [6, 6.07) is 18.0. The molecule has 32 heavy (non-hydrogen) atoms. The van der Waals surface area contributed by atoms with E-state index in [9.17, 15) is 13.2 Å². The second kappa shape index (κ2) is 10.4. The minimum absolute atomic E-state index is 0.110. The van der Waals surface area contributed by atoms with Crippen LogP contribution >= 0.6 is 11.6 Å². The quantitative estimate of drug-likeness (QED) is 0.452. The molecule has 7 nitrogen and oxygen atoms in total. The van der Waals surface area contributed by atoms with Gasteiger partial charge in [0, 0.05) is 5.56 Å². The summed E-state index contributed by atoms with van der Waals surface area (Å²) in [5.74, 6) is 0.829. The zero-order valence-electron chi connectivity index (χ0n) is 17.6. The largest absolute Gasteiger partial charge is 0.493 e. The lowest BCUT2D eigenvalue weighted by molar-refractivity contribution is 0.0947. The SMILES string of the molecule is COc1ccccc1OCCNC(=O)c1ccc(NS(=O)(=O)c2ccc(C)cc2)c(Cl)c1. The summed E-state index contributed by atoms with van der Waals surface area (Å²) in [7, 11) is -2.24. The first-order valence-electron chi connectivity index (χ1n) is 9.73. The Balaban J connectivity index is 1.58. The van der Waals surface area contributed by atoms with Crippen molar-refractivity contribution in [2.24, 2.45) is 0 Å². The number of halogens is 1. The predicted molar refractivity (Wildman–Crippen MR) is 124 cm³/mol. The summed E-state index contributed by atoms with van der Waals surface area (Å²) < 4.78 is 38.4. The Kier molecular flexibility index (Phi) is 7.61. The van der Waals surface area contributed by atoms with Crippen LogP contribution in [-0.4, -0.2) is 34.6 Å². The summed E-state index contributed by atoms with van der Waals surface area (Å²) in [5, 5.41) is 2.84. The van der Waals surface area contributed by atoms with Gasteiger partial charge in [-0.25, -0.2) is 8.42 Å².